The van der Waals surface area contributed by atoms with Gasteiger partial charge in [-0.05, 0) is 18.4 Å². The van der Waals surface area contributed by atoms with E-state index in [1.165, 1.54) is 5.56 Å². The highest BCUT2D eigenvalue weighted by Gasteiger charge is 2.24. The van der Waals surface area contributed by atoms with Crippen molar-refractivity contribution >= 4 is 0 Å². The Labute approximate surface area is 78.7 Å². The quantitative estimate of drug-likeness (QED) is 0.748. The van der Waals surface area contributed by atoms with Crippen LogP contribution in [0.15, 0.2) is 30.3 Å². The Morgan fingerprint density at radius 3 is 2.62 bits per heavy atom. The van der Waals surface area contributed by atoms with Crippen molar-refractivity contribution in [3.05, 3.63) is 35.9 Å². The summed E-state index contributed by atoms with van der Waals surface area (Å²) in [7, 11) is 0. The van der Waals surface area contributed by atoms with Crippen LogP contribution in [0.5, 0.6) is 0 Å². The second kappa shape index (κ2) is 3.90. The molecule has 0 unspecified atom stereocenters. The van der Waals surface area contributed by atoms with Crippen LogP contribution in [0.1, 0.15) is 24.5 Å². The smallest absolute Gasteiger partial charge is 0.0830 e. The summed E-state index contributed by atoms with van der Waals surface area (Å²) in [6.07, 6.45) is 2.74. The molecule has 1 aromatic carbocycles. The van der Waals surface area contributed by atoms with E-state index in [1.54, 1.807) is 0 Å². The van der Waals surface area contributed by atoms with Crippen LogP contribution in [-0.4, -0.2) is 12.6 Å². The van der Waals surface area contributed by atoms with Crippen molar-refractivity contribution < 1.29 is 4.74 Å². The summed E-state index contributed by atoms with van der Waals surface area (Å²) < 4.78 is 5.77. The zero-order valence-electron chi connectivity index (χ0n) is 7.65. The van der Waals surface area contributed by atoms with Crippen LogP contribution in [0.25, 0.3) is 0 Å². The van der Waals surface area contributed by atoms with Crippen LogP contribution < -0.4 is 5.73 Å². The highest BCUT2D eigenvalue weighted by Crippen LogP contribution is 2.31. The van der Waals surface area contributed by atoms with Gasteiger partial charge in [0.05, 0.1) is 12.2 Å². The van der Waals surface area contributed by atoms with Gasteiger partial charge in [0.15, 0.2) is 0 Å². The van der Waals surface area contributed by atoms with Gasteiger partial charge in [-0.2, -0.15) is 0 Å². The van der Waals surface area contributed by atoms with Gasteiger partial charge in [-0.15, -0.1) is 0 Å². The number of hydrogen-bond donors (Lipinski definition) is 1. The molecule has 0 saturated carbocycles. The Bertz CT molecular complexity index is 260. The lowest BCUT2D eigenvalue weighted by Crippen LogP contribution is -2.18. The number of rotatable bonds is 2. The summed E-state index contributed by atoms with van der Waals surface area (Å²) in [6, 6.07) is 10.4. The summed E-state index contributed by atoms with van der Waals surface area (Å²) in [4.78, 5) is 0. The minimum absolute atomic E-state index is 0.269. The van der Waals surface area contributed by atoms with Gasteiger partial charge in [0.25, 0.3) is 0 Å². The van der Waals surface area contributed by atoms with Crippen LogP contribution in [0, 0.1) is 0 Å². The Balaban J connectivity index is 2.04. The molecule has 2 nitrogen and oxygen atoms in total. The number of benzene rings is 1. The van der Waals surface area contributed by atoms with Crippen LogP contribution in [-0.2, 0) is 4.74 Å². The second-order valence-electron chi connectivity index (χ2n) is 3.47. The van der Waals surface area contributed by atoms with Crippen LogP contribution >= 0.6 is 0 Å². The van der Waals surface area contributed by atoms with E-state index in [1.807, 2.05) is 6.07 Å². The second-order valence-corrected chi connectivity index (χ2v) is 3.47. The molecule has 13 heavy (non-hydrogen) atoms. The van der Waals surface area contributed by atoms with E-state index < -0.39 is 0 Å². The molecule has 1 heterocycles. The molecule has 0 amide bonds. The lowest BCUT2D eigenvalue weighted by atomic mass is 10.1. The lowest BCUT2D eigenvalue weighted by Gasteiger charge is -2.12. The SMILES string of the molecule is NC[C@H]1CC[C@@H](c2ccccc2)O1. The first-order chi connectivity index (χ1) is 6.40. The third kappa shape index (κ3) is 1.90. The van der Waals surface area contributed by atoms with Crippen molar-refractivity contribution in [2.75, 3.05) is 6.54 Å². The van der Waals surface area contributed by atoms with Crippen molar-refractivity contribution in [2.24, 2.45) is 5.73 Å². The van der Waals surface area contributed by atoms with E-state index >= 15 is 0 Å². The van der Waals surface area contributed by atoms with Crippen molar-refractivity contribution in [2.45, 2.75) is 25.0 Å². The molecule has 1 fully saturated rings. The van der Waals surface area contributed by atoms with Crippen molar-refractivity contribution in [3.63, 3.8) is 0 Å². The molecule has 2 N–H and O–H groups in total. The summed E-state index contributed by atoms with van der Waals surface area (Å²) in [5, 5.41) is 0. The van der Waals surface area contributed by atoms with Gasteiger partial charge in [-0.1, -0.05) is 30.3 Å². The first-order valence-electron chi connectivity index (χ1n) is 4.80. The fourth-order valence-electron chi connectivity index (χ4n) is 1.79. The monoisotopic (exact) mass is 177 g/mol. The molecular formula is C11H15NO. The van der Waals surface area contributed by atoms with Crippen molar-refractivity contribution in [1.29, 1.82) is 0 Å². The molecule has 0 aromatic heterocycles. The molecule has 0 radical (unpaired) electrons. The van der Waals surface area contributed by atoms with Gasteiger partial charge in [-0.3, -0.25) is 0 Å². The third-order valence-corrected chi connectivity index (χ3v) is 2.54. The topological polar surface area (TPSA) is 35.2 Å². The first-order valence-corrected chi connectivity index (χ1v) is 4.80. The number of ether oxygens (including phenoxy) is 1. The zero-order valence-corrected chi connectivity index (χ0v) is 7.65. The van der Waals surface area contributed by atoms with Crippen LogP contribution in [0.2, 0.25) is 0 Å². The van der Waals surface area contributed by atoms with E-state index in [4.69, 9.17) is 10.5 Å². The molecule has 2 atom stereocenters. The molecule has 1 aliphatic heterocycles. The van der Waals surface area contributed by atoms with Crippen molar-refractivity contribution in [1.82, 2.24) is 0 Å². The van der Waals surface area contributed by atoms with E-state index in [0.717, 1.165) is 12.8 Å². The Morgan fingerprint density at radius 2 is 2.00 bits per heavy atom. The van der Waals surface area contributed by atoms with Gasteiger partial charge in [0, 0.05) is 6.54 Å². The van der Waals surface area contributed by atoms with Crippen LogP contribution in [0.4, 0.5) is 0 Å². The number of hydrogen-bond acceptors (Lipinski definition) is 2. The van der Waals surface area contributed by atoms with Gasteiger partial charge in [0.2, 0.25) is 0 Å². The molecule has 2 rings (SSSR count). The minimum Gasteiger partial charge on any atom is -0.369 e. The summed E-state index contributed by atoms with van der Waals surface area (Å²) in [5.41, 5.74) is 6.83. The van der Waals surface area contributed by atoms with E-state index in [9.17, 15) is 0 Å². The number of nitrogens with two attached hydrogens (primary N) is 1. The standard InChI is InChI=1S/C11H15NO/c12-8-10-6-7-11(13-10)9-4-2-1-3-5-9/h1-5,10-11H,6-8,12H2/t10-,11+/m1/s1. The Hall–Kier alpha value is -0.860. The average molecular weight is 177 g/mol. The highest BCUT2D eigenvalue weighted by molar-refractivity contribution is 5.18. The predicted molar refractivity (Wildman–Crippen MR) is 52.3 cm³/mol. The lowest BCUT2D eigenvalue weighted by molar-refractivity contribution is 0.0498. The third-order valence-electron chi connectivity index (χ3n) is 2.54. The van der Waals surface area contributed by atoms with Gasteiger partial charge < -0.3 is 10.5 Å². The molecule has 70 valence electrons. The normalized spacial score (nSPS) is 27.8. The average Bonchev–Trinajstić information content (AvgIpc) is 2.67. The molecule has 0 bridgehead atoms. The summed E-state index contributed by atoms with van der Waals surface area (Å²) in [5.74, 6) is 0. The maximum absolute atomic E-state index is 5.77. The molecule has 0 aliphatic carbocycles. The minimum atomic E-state index is 0.269. The van der Waals surface area contributed by atoms with Gasteiger partial charge in [0.1, 0.15) is 0 Å². The first kappa shape index (κ1) is 8.73. The zero-order chi connectivity index (χ0) is 9.10. The van der Waals surface area contributed by atoms with E-state index in [2.05, 4.69) is 24.3 Å². The largest absolute Gasteiger partial charge is 0.369 e. The van der Waals surface area contributed by atoms with Gasteiger partial charge >= 0.3 is 0 Å². The fourth-order valence-corrected chi connectivity index (χ4v) is 1.79. The van der Waals surface area contributed by atoms with Crippen LogP contribution in [0.3, 0.4) is 0 Å². The molecular weight excluding hydrogens is 162 g/mol. The van der Waals surface area contributed by atoms with E-state index in [-0.39, 0.29) is 12.2 Å². The molecule has 2 heteroatoms. The molecule has 1 aromatic rings. The summed E-state index contributed by atoms with van der Waals surface area (Å²) >= 11 is 0. The highest BCUT2D eigenvalue weighted by atomic mass is 16.5. The molecule has 1 aliphatic rings. The van der Waals surface area contributed by atoms with E-state index in [0.29, 0.717) is 6.54 Å². The molecule has 0 spiro atoms. The summed E-state index contributed by atoms with van der Waals surface area (Å²) in [6.45, 7) is 0.642. The van der Waals surface area contributed by atoms with Crippen molar-refractivity contribution in [3.8, 4) is 0 Å². The predicted octanol–water partition coefficient (Wildman–Crippen LogP) is 1.87. The maximum Gasteiger partial charge on any atom is 0.0830 e. The Morgan fingerprint density at radius 1 is 1.23 bits per heavy atom. The molecule has 1 saturated heterocycles. The Kier molecular flexibility index (Phi) is 2.62. The van der Waals surface area contributed by atoms with Gasteiger partial charge in [-0.25, -0.2) is 0 Å². The maximum atomic E-state index is 5.77. The fraction of sp³-hybridized carbons (Fsp3) is 0.455.